The van der Waals surface area contributed by atoms with E-state index in [9.17, 15) is 4.79 Å². The Morgan fingerprint density at radius 2 is 2.00 bits per heavy atom. The number of hydrogen-bond donors (Lipinski definition) is 2. The monoisotopic (exact) mass is 339 g/mol. The molecule has 25 heavy (non-hydrogen) atoms. The topological polar surface area (TPSA) is 85.6 Å². The summed E-state index contributed by atoms with van der Waals surface area (Å²) in [5, 5.41) is 5.87. The van der Waals surface area contributed by atoms with Crippen LogP contribution in [-0.4, -0.2) is 25.1 Å². The van der Waals surface area contributed by atoms with Gasteiger partial charge in [0.25, 0.3) is 5.91 Å². The Balaban J connectivity index is 1.71. The third kappa shape index (κ3) is 3.89. The standard InChI is InChI=1S/C18H17N3O4/c1-23-13-6-7-15(24-2)14(10-13)20-12-5-8-17(19-11-12)21-18(22)16-4-3-9-25-16/h3-11,20H,1-2H3,(H,19,21,22). The lowest BCUT2D eigenvalue weighted by molar-refractivity contribution is 0.0996. The number of pyridine rings is 1. The van der Waals surface area contributed by atoms with Gasteiger partial charge >= 0.3 is 0 Å². The number of amides is 1. The maximum atomic E-state index is 11.9. The van der Waals surface area contributed by atoms with Crippen molar-refractivity contribution < 1.29 is 18.7 Å². The van der Waals surface area contributed by atoms with Gasteiger partial charge in [0, 0.05) is 6.07 Å². The van der Waals surface area contributed by atoms with Crippen LogP contribution in [0, 0.1) is 0 Å². The van der Waals surface area contributed by atoms with Crippen LogP contribution in [0.3, 0.4) is 0 Å². The van der Waals surface area contributed by atoms with Crippen LogP contribution >= 0.6 is 0 Å². The normalized spacial score (nSPS) is 10.2. The summed E-state index contributed by atoms with van der Waals surface area (Å²) in [5.41, 5.74) is 1.48. The molecule has 0 aliphatic heterocycles. The van der Waals surface area contributed by atoms with E-state index in [2.05, 4.69) is 15.6 Å². The molecular formula is C18H17N3O4. The van der Waals surface area contributed by atoms with Gasteiger partial charge in [0.15, 0.2) is 5.76 Å². The molecule has 0 unspecified atom stereocenters. The van der Waals surface area contributed by atoms with Crippen LogP contribution in [-0.2, 0) is 0 Å². The first-order valence-corrected chi connectivity index (χ1v) is 7.49. The molecule has 1 aromatic carbocycles. The Hall–Kier alpha value is -3.48. The predicted octanol–water partition coefficient (Wildman–Crippen LogP) is 3.69. The highest BCUT2D eigenvalue weighted by atomic mass is 16.5. The maximum Gasteiger partial charge on any atom is 0.292 e. The van der Waals surface area contributed by atoms with Gasteiger partial charge in [0.05, 0.1) is 38.1 Å². The molecule has 0 fully saturated rings. The molecule has 0 spiro atoms. The molecule has 7 nitrogen and oxygen atoms in total. The van der Waals surface area contributed by atoms with Crippen LogP contribution in [0.15, 0.2) is 59.3 Å². The van der Waals surface area contributed by atoms with Crippen LogP contribution in [0.25, 0.3) is 0 Å². The Bertz CT molecular complexity index is 845. The van der Waals surface area contributed by atoms with Crippen molar-refractivity contribution in [3.63, 3.8) is 0 Å². The number of ether oxygens (including phenoxy) is 2. The Morgan fingerprint density at radius 1 is 1.12 bits per heavy atom. The molecule has 0 radical (unpaired) electrons. The van der Waals surface area contributed by atoms with Crippen LogP contribution in [0.5, 0.6) is 11.5 Å². The van der Waals surface area contributed by atoms with Crippen LogP contribution in [0.1, 0.15) is 10.6 Å². The third-order valence-corrected chi connectivity index (χ3v) is 3.44. The summed E-state index contributed by atoms with van der Waals surface area (Å²) < 4.78 is 15.6. The Kier molecular flexibility index (Phi) is 4.84. The maximum absolute atomic E-state index is 11.9. The van der Waals surface area contributed by atoms with Gasteiger partial charge in [-0.05, 0) is 36.4 Å². The second kappa shape index (κ2) is 7.39. The molecule has 3 rings (SSSR count). The second-order valence-electron chi connectivity index (χ2n) is 5.05. The molecule has 0 aliphatic rings. The quantitative estimate of drug-likeness (QED) is 0.712. The van der Waals surface area contributed by atoms with E-state index in [-0.39, 0.29) is 11.7 Å². The minimum absolute atomic E-state index is 0.227. The fourth-order valence-corrected chi connectivity index (χ4v) is 2.19. The summed E-state index contributed by atoms with van der Waals surface area (Å²) in [5.74, 6) is 1.68. The van der Waals surface area contributed by atoms with Gasteiger partial charge in [-0.25, -0.2) is 4.98 Å². The van der Waals surface area contributed by atoms with Crippen molar-refractivity contribution in [3.05, 3.63) is 60.7 Å². The van der Waals surface area contributed by atoms with Crippen LogP contribution < -0.4 is 20.1 Å². The Labute approximate surface area is 144 Å². The van der Waals surface area contributed by atoms with E-state index in [0.717, 1.165) is 11.4 Å². The molecule has 2 heterocycles. The summed E-state index contributed by atoms with van der Waals surface area (Å²) in [6, 6.07) is 12.2. The largest absolute Gasteiger partial charge is 0.497 e. The van der Waals surface area contributed by atoms with Crippen molar-refractivity contribution in [2.24, 2.45) is 0 Å². The number of furan rings is 1. The van der Waals surface area contributed by atoms with E-state index >= 15 is 0 Å². The molecular weight excluding hydrogens is 322 g/mol. The molecule has 0 saturated carbocycles. The van der Waals surface area contributed by atoms with Gasteiger partial charge in [-0.2, -0.15) is 0 Å². The fourth-order valence-electron chi connectivity index (χ4n) is 2.19. The number of aromatic nitrogens is 1. The van der Waals surface area contributed by atoms with E-state index in [4.69, 9.17) is 13.9 Å². The number of benzene rings is 1. The first-order chi connectivity index (χ1) is 12.2. The summed E-state index contributed by atoms with van der Waals surface area (Å²) in [6.45, 7) is 0. The molecule has 3 aromatic rings. The zero-order chi connectivity index (χ0) is 17.6. The highest BCUT2D eigenvalue weighted by Crippen LogP contribution is 2.31. The molecule has 0 bridgehead atoms. The van der Waals surface area contributed by atoms with Gasteiger partial charge in [-0.15, -0.1) is 0 Å². The summed E-state index contributed by atoms with van der Waals surface area (Å²) in [7, 11) is 3.20. The zero-order valence-corrected chi connectivity index (χ0v) is 13.8. The highest BCUT2D eigenvalue weighted by molar-refractivity contribution is 6.01. The van der Waals surface area contributed by atoms with Gasteiger partial charge in [0.1, 0.15) is 17.3 Å². The number of methoxy groups -OCH3 is 2. The average molecular weight is 339 g/mol. The summed E-state index contributed by atoms with van der Waals surface area (Å²) in [4.78, 5) is 16.1. The van der Waals surface area contributed by atoms with Crippen molar-refractivity contribution in [1.29, 1.82) is 0 Å². The van der Waals surface area contributed by atoms with E-state index in [0.29, 0.717) is 17.3 Å². The lowest BCUT2D eigenvalue weighted by atomic mass is 10.2. The first-order valence-electron chi connectivity index (χ1n) is 7.49. The lowest BCUT2D eigenvalue weighted by Crippen LogP contribution is -2.11. The number of rotatable bonds is 6. The average Bonchev–Trinajstić information content (AvgIpc) is 3.18. The molecule has 0 aliphatic carbocycles. The van der Waals surface area contributed by atoms with Gasteiger partial charge in [-0.1, -0.05) is 0 Å². The third-order valence-electron chi connectivity index (χ3n) is 3.44. The number of nitrogens with zero attached hydrogens (tertiary/aromatic N) is 1. The zero-order valence-electron chi connectivity index (χ0n) is 13.8. The second-order valence-corrected chi connectivity index (χ2v) is 5.05. The van der Waals surface area contributed by atoms with Crippen molar-refractivity contribution in [3.8, 4) is 11.5 Å². The molecule has 2 aromatic heterocycles. The molecule has 0 saturated heterocycles. The van der Waals surface area contributed by atoms with E-state index in [1.807, 2.05) is 18.2 Å². The molecule has 1 amide bonds. The van der Waals surface area contributed by atoms with Crippen LogP contribution in [0.4, 0.5) is 17.2 Å². The van der Waals surface area contributed by atoms with Gasteiger partial charge in [-0.3, -0.25) is 4.79 Å². The van der Waals surface area contributed by atoms with Crippen molar-refractivity contribution >= 4 is 23.1 Å². The molecule has 0 atom stereocenters. The molecule has 2 N–H and O–H groups in total. The molecule has 128 valence electrons. The van der Waals surface area contributed by atoms with Crippen molar-refractivity contribution in [2.45, 2.75) is 0 Å². The van der Waals surface area contributed by atoms with E-state index in [1.165, 1.54) is 6.26 Å². The number of hydrogen-bond acceptors (Lipinski definition) is 6. The number of carbonyl (C=O) groups excluding carboxylic acids is 1. The minimum atomic E-state index is -0.354. The molecule has 7 heteroatoms. The smallest absolute Gasteiger partial charge is 0.292 e. The number of carbonyl (C=O) groups is 1. The van der Waals surface area contributed by atoms with Crippen molar-refractivity contribution in [1.82, 2.24) is 4.98 Å². The van der Waals surface area contributed by atoms with Gasteiger partial charge < -0.3 is 24.5 Å². The summed E-state index contributed by atoms with van der Waals surface area (Å²) >= 11 is 0. The van der Waals surface area contributed by atoms with E-state index < -0.39 is 0 Å². The van der Waals surface area contributed by atoms with Crippen molar-refractivity contribution in [2.75, 3.05) is 24.9 Å². The number of nitrogens with one attached hydrogen (secondary N) is 2. The Morgan fingerprint density at radius 3 is 2.64 bits per heavy atom. The van der Waals surface area contributed by atoms with E-state index in [1.54, 1.807) is 44.7 Å². The number of anilines is 3. The first kappa shape index (κ1) is 16.4. The lowest BCUT2D eigenvalue weighted by Gasteiger charge is -2.12. The SMILES string of the molecule is COc1ccc(OC)c(Nc2ccc(NC(=O)c3ccco3)nc2)c1. The van der Waals surface area contributed by atoms with Crippen LogP contribution in [0.2, 0.25) is 0 Å². The summed E-state index contributed by atoms with van der Waals surface area (Å²) in [6.07, 6.45) is 3.05. The van der Waals surface area contributed by atoms with Gasteiger partial charge in [0.2, 0.25) is 0 Å². The minimum Gasteiger partial charge on any atom is -0.497 e. The predicted molar refractivity (Wildman–Crippen MR) is 93.7 cm³/mol. The highest BCUT2D eigenvalue weighted by Gasteiger charge is 2.10. The fraction of sp³-hybridized carbons (Fsp3) is 0.111.